The second-order valence-electron chi connectivity index (χ2n) is 5.06. The van der Waals surface area contributed by atoms with E-state index in [1.807, 2.05) is 12.4 Å². The van der Waals surface area contributed by atoms with Crippen LogP contribution < -0.4 is 5.32 Å². The number of rotatable bonds is 6. The normalized spacial score (nSPS) is 18.4. The zero-order valence-corrected chi connectivity index (χ0v) is 10.7. The SMILES string of the molecule is CCCNC(CC1CCCC1)c1cncnc1. The molecule has 2 rings (SSSR count). The Morgan fingerprint density at radius 1 is 1.29 bits per heavy atom. The lowest BCUT2D eigenvalue weighted by molar-refractivity contribution is 0.394. The molecule has 0 spiro atoms. The highest BCUT2D eigenvalue weighted by Gasteiger charge is 2.21. The van der Waals surface area contributed by atoms with Crippen LogP contribution in [0.25, 0.3) is 0 Å². The standard InChI is InChI=1S/C14H23N3/c1-2-7-17-14(8-12-5-3-4-6-12)13-9-15-11-16-10-13/h9-12,14,17H,2-8H2,1H3. The zero-order chi connectivity index (χ0) is 11.9. The number of aromatic nitrogens is 2. The molecular formula is C14H23N3. The van der Waals surface area contributed by atoms with Crippen molar-refractivity contribution in [3.05, 3.63) is 24.3 Å². The molecule has 1 aromatic heterocycles. The molecule has 0 bridgehead atoms. The molecular weight excluding hydrogens is 210 g/mol. The maximum absolute atomic E-state index is 4.14. The van der Waals surface area contributed by atoms with Gasteiger partial charge in [-0.05, 0) is 25.3 Å². The Morgan fingerprint density at radius 3 is 2.65 bits per heavy atom. The molecule has 0 amide bonds. The Labute approximate surface area is 104 Å². The van der Waals surface area contributed by atoms with Gasteiger partial charge in [0.15, 0.2) is 0 Å². The van der Waals surface area contributed by atoms with Crippen LogP contribution in [0, 0.1) is 5.92 Å². The Balaban J connectivity index is 1.97. The van der Waals surface area contributed by atoms with Gasteiger partial charge in [-0.15, -0.1) is 0 Å². The highest BCUT2D eigenvalue weighted by atomic mass is 14.9. The molecule has 1 aromatic rings. The van der Waals surface area contributed by atoms with Gasteiger partial charge in [-0.25, -0.2) is 9.97 Å². The Hall–Kier alpha value is -0.960. The van der Waals surface area contributed by atoms with Gasteiger partial charge in [0.1, 0.15) is 6.33 Å². The average molecular weight is 233 g/mol. The van der Waals surface area contributed by atoms with E-state index in [2.05, 4.69) is 22.2 Å². The predicted molar refractivity (Wildman–Crippen MR) is 69.6 cm³/mol. The topological polar surface area (TPSA) is 37.8 Å². The first-order chi connectivity index (χ1) is 8.40. The summed E-state index contributed by atoms with van der Waals surface area (Å²) in [6, 6.07) is 0.444. The van der Waals surface area contributed by atoms with Crippen molar-refractivity contribution >= 4 is 0 Å². The molecule has 1 fully saturated rings. The maximum atomic E-state index is 4.14. The highest BCUT2D eigenvalue weighted by molar-refractivity contribution is 5.09. The molecule has 1 unspecified atom stereocenters. The fourth-order valence-electron chi connectivity index (χ4n) is 2.73. The van der Waals surface area contributed by atoms with Crippen LogP contribution in [-0.4, -0.2) is 16.5 Å². The molecule has 1 atom stereocenters. The van der Waals surface area contributed by atoms with Crippen LogP contribution in [0.1, 0.15) is 57.1 Å². The fourth-order valence-corrected chi connectivity index (χ4v) is 2.73. The number of hydrogen-bond acceptors (Lipinski definition) is 3. The van der Waals surface area contributed by atoms with Crippen molar-refractivity contribution in [1.82, 2.24) is 15.3 Å². The molecule has 1 aliphatic rings. The first kappa shape index (κ1) is 12.5. The van der Waals surface area contributed by atoms with Crippen LogP contribution in [-0.2, 0) is 0 Å². The van der Waals surface area contributed by atoms with Gasteiger partial charge in [0.2, 0.25) is 0 Å². The van der Waals surface area contributed by atoms with Gasteiger partial charge in [-0.2, -0.15) is 0 Å². The Bertz CT molecular complexity index is 307. The molecule has 0 aliphatic heterocycles. The number of nitrogens with one attached hydrogen (secondary N) is 1. The quantitative estimate of drug-likeness (QED) is 0.820. The summed E-state index contributed by atoms with van der Waals surface area (Å²) in [5, 5.41) is 3.63. The van der Waals surface area contributed by atoms with E-state index in [0.717, 1.165) is 12.5 Å². The first-order valence-electron chi connectivity index (χ1n) is 6.88. The van der Waals surface area contributed by atoms with E-state index in [9.17, 15) is 0 Å². The van der Waals surface area contributed by atoms with Gasteiger partial charge in [0.05, 0.1) is 0 Å². The average Bonchev–Trinajstić information content (AvgIpc) is 2.88. The summed E-state index contributed by atoms with van der Waals surface area (Å²) in [5.74, 6) is 0.893. The molecule has 3 nitrogen and oxygen atoms in total. The summed E-state index contributed by atoms with van der Waals surface area (Å²) in [4.78, 5) is 8.27. The largest absolute Gasteiger partial charge is 0.310 e. The van der Waals surface area contributed by atoms with Crippen molar-refractivity contribution in [2.45, 2.75) is 51.5 Å². The van der Waals surface area contributed by atoms with E-state index in [0.29, 0.717) is 6.04 Å². The molecule has 94 valence electrons. The molecule has 1 N–H and O–H groups in total. The molecule has 0 radical (unpaired) electrons. The second kappa shape index (κ2) is 6.70. The van der Waals surface area contributed by atoms with Gasteiger partial charge < -0.3 is 5.32 Å². The first-order valence-corrected chi connectivity index (χ1v) is 6.88. The minimum atomic E-state index is 0.444. The lowest BCUT2D eigenvalue weighted by Gasteiger charge is -2.21. The zero-order valence-electron chi connectivity index (χ0n) is 10.7. The summed E-state index contributed by atoms with van der Waals surface area (Å²) in [5.41, 5.74) is 1.24. The lowest BCUT2D eigenvalue weighted by Crippen LogP contribution is -2.24. The van der Waals surface area contributed by atoms with Crippen molar-refractivity contribution in [3.8, 4) is 0 Å². The van der Waals surface area contributed by atoms with Gasteiger partial charge >= 0.3 is 0 Å². The van der Waals surface area contributed by atoms with E-state index in [-0.39, 0.29) is 0 Å². The Kier molecular flexibility index (Phi) is 4.92. The van der Waals surface area contributed by atoms with E-state index in [1.54, 1.807) is 6.33 Å². The monoisotopic (exact) mass is 233 g/mol. The number of hydrogen-bond donors (Lipinski definition) is 1. The highest BCUT2D eigenvalue weighted by Crippen LogP contribution is 2.32. The van der Waals surface area contributed by atoms with Gasteiger partial charge in [0.25, 0.3) is 0 Å². The Morgan fingerprint density at radius 2 is 2.00 bits per heavy atom. The molecule has 1 aliphatic carbocycles. The summed E-state index contributed by atoms with van der Waals surface area (Å²) in [7, 11) is 0. The van der Waals surface area contributed by atoms with E-state index in [1.165, 1.54) is 44.1 Å². The van der Waals surface area contributed by atoms with Crippen LogP contribution in [0.2, 0.25) is 0 Å². The minimum absolute atomic E-state index is 0.444. The third-order valence-corrected chi connectivity index (χ3v) is 3.67. The van der Waals surface area contributed by atoms with Gasteiger partial charge in [0, 0.05) is 24.0 Å². The maximum Gasteiger partial charge on any atom is 0.115 e. The van der Waals surface area contributed by atoms with Crippen LogP contribution in [0.15, 0.2) is 18.7 Å². The van der Waals surface area contributed by atoms with Crippen molar-refractivity contribution in [3.63, 3.8) is 0 Å². The van der Waals surface area contributed by atoms with Crippen LogP contribution in [0.5, 0.6) is 0 Å². The van der Waals surface area contributed by atoms with E-state index >= 15 is 0 Å². The van der Waals surface area contributed by atoms with Gasteiger partial charge in [-0.3, -0.25) is 0 Å². The predicted octanol–water partition coefficient (Wildman–Crippen LogP) is 3.10. The van der Waals surface area contributed by atoms with E-state index < -0.39 is 0 Å². The van der Waals surface area contributed by atoms with Crippen molar-refractivity contribution in [2.24, 2.45) is 5.92 Å². The molecule has 0 aromatic carbocycles. The lowest BCUT2D eigenvalue weighted by atomic mass is 9.95. The summed E-state index contributed by atoms with van der Waals surface area (Å²) < 4.78 is 0. The second-order valence-corrected chi connectivity index (χ2v) is 5.06. The molecule has 1 heterocycles. The smallest absolute Gasteiger partial charge is 0.115 e. The summed E-state index contributed by atoms with van der Waals surface area (Å²) in [6.07, 6.45) is 13.6. The summed E-state index contributed by atoms with van der Waals surface area (Å²) in [6.45, 7) is 3.29. The van der Waals surface area contributed by atoms with Crippen molar-refractivity contribution in [2.75, 3.05) is 6.54 Å². The van der Waals surface area contributed by atoms with Gasteiger partial charge in [-0.1, -0.05) is 32.6 Å². The fraction of sp³-hybridized carbons (Fsp3) is 0.714. The van der Waals surface area contributed by atoms with Crippen LogP contribution >= 0.6 is 0 Å². The van der Waals surface area contributed by atoms with Crippen LogP contribution in [0.4, 0.5) is 0 Å². The third kappa shape index (κ3) is 3.77. The minimum Gasteiger partial charge on any atom is -0.310 e. The molecule has 3 heteroatoms. The third-order valence-electron chi connectivity index (χ3n) is 3.67. The van der Waals surface area contributed by atoms with Crippen LogP contribution in [0.3, 0.4) is 0 Å². The molecule has 0 saturated heterocycles. The van der Waals surface area contributed by atoms with E-state index in [4.69, 9.17) is 0 Å². The van der Waals surface area contributed by atoms with Crippen molar-refractivity contribution < 1.29 is 0 Å². The number of nitrogens with zero attached hydrogens (tertiary/aromatic N) is 2. The van der Waals surface area contributed by atoms with Crippen molar-refractivity contribution in [1.29, 1.82) is 0 Å². The summed E-state index contributed by atoms with van der Waals surface area (Å²) >= 11 is 0. The molecule has 1 saturated carbocycles. The molecule has 17 heavy (non-hydrogen) atoms.